The number of likely N-dealkylation sites (tertiary alicyclic amines) is 2. The molecule has 1 aromatic rings. The van der Waals surface area contributed by atoms with Crippen molar-refractivity contribution in [2.45, 2.75) is 44.9 Å². The van der Waals surface area contributed by atoms with E-state index in [1.807, 2.05) is 22.7 Å². The Hall–Kier alpha value is -1.40. The number of hydrogen-bond donors (Lipinski definition) is 1. The summed E-state index contributed by atoms with van der Waals surface area (Å²) in [6.45, 7) is 5.39. The van der Waals surface area contributed by atoms with Crippen molar-refractivity contribution in [1.82, 2.24) is 19.6 Å². The number of piperidine rings is 2. The van der Waals surface area contributed by atoms with Gasteiger partial charge in [-0.3, -0.25) is 9.48 Å². The van der Waals surface area contributed by atoms with E-state index in [4.69, 9.17) is 0 Å². The van der Waals surface area contributed by atoms with Gasteiger partial charge in [-0.1, -0.05) is 0 Å². The quantitative estimate of drug-likeness (QED) is 0.823. The number of carbonyl (C=O) groups is 1. The van der Waals surface area contributed by atoms with Crippen molar-refractivity contribution in [2.24, 2.45) is 24.3 Å². The maximum absolute atomic E-state index is 12.7. The number of amides is 1. The van der Waals surface area contributed by atoms with Gasteiger partial charge in [-0.15, -0.1) is 0 Å². The summed E-state index contributed by atoms with van der Waals surface area (Å²) < 4.78 is 1.84. The van der Waals surface area contributed by atoms with Crippen LogP contribution in [0.2, 0.25) is 0 Å². The van der Waals surface area contributed by atoms with Gasteiger partial charge in [-0.25, -0.2) is 0 Å². The second-order valence-corrected chi connectivity index (χ2v) is 9.02. The first-order chi connectivity index (χ1) is 13.1. The van der Waals surface area contributed by atoms with Crippen LogP contribution in [0.1, 0.15) is 44.2 Å². The van der Waals surface area contributed by atoms with E-state index in [0.29, 0.717) is 6.42 Å². The minimum Gasteiger partial charge on any atom is -0.396 e. The zero-order valence-electron chi connectivity index (χ0n) is 16.6. The van der Waals surface area contributed by atoms with Gasteiger partial charge in [0.05, 0.1) is 0 Å². The lowest BCUT2D eigenvalue weighted by atomic mass is 9.64. The maximum Gasteiger partial charge on any atom is 0.222 e. The maximum atomic E-state index is 12.7. The van der Waals surface area contributed by atoms with Gasteiger partial charge in [0.2, 0.25) is 5.91 Å². The Labute approximate surface area is 162 Å². The van der Waals surface area contributed by atoms with Gasteiger partial charge in [-0.05, 0) is 69.0 Å². The third kappa shape index (κ3) is 4.21. The summed E-state index contributed by atoms with van der Waals surface area (Å²) in [5.41, 5.74) is 1.34. The van der Waals surface area contributed by atoms with Crippen molar-refractivity contribution in [3.05, 3.63) is 18.0 Å². The summed E-state index contributed by atoms with van der Waals surface area (Å²) in [6, 6.07) is 1.98. The average molecular weight is 375 g/mol. The summed E-state index contributed by atoms with van der Waals surface area (Å²) in [5.74, 6) is 1.40. The van der Waals surface area contributed by atoms with Crippen molar-refractivity contribution in [3.63, 3.8) is 0 Å². The highest BCUT2D eigenvalue weighted by Crippen LogP contribution is 2.45. The van der Waals surface area contributed by atoms with Crippen molar-refractivity contribution >= 4 is 5.91 Å². The van der Waals surface area contributed by atoms with Gasteiger partial charge >= 0.3 is 0 Å². The smallest absolute Gasteiger partial charge is 0.222 e. The highest BCUT2D eigenvalue weighted by Gasteiger charge is 2.45. The minimum atomic E-state index is 0.203. The largest absolute Gasteiger partial charge is 0.396 e. The zero-order chi connectivity index (χ0) is 18.9. The Morgan fingerprint density at radius 3 is 2.63 bits per heavy atom. The predicted molar refractivity (Wildman–Crippen MR) is 104 cm³/mol. The number of nitrogens with zero attached hydrogens (tertiary/aromatic N) is 4. The first-order valence-electron chi connectivity index (χ1n) is 10.7. The number of aryl methyl sites for hydroxylation is 2. The average Bonchev–Trinajstić information content (AvgIpc) is 3.41. The van der Waals surface area contributed by atoms with Crippen LogP contribution in [-0.4, -0.2) is 69.9 Å². The molecule has 150 valence electrons. The third-order valence-electron chi connectivity index (χ3n) is 7.34. The van der Waals surface area contributed by atoms with Gasteiger partial charge in [0.25, 0.3) is 0 Å². The molecule has 0 bridgehead atoms. The number of carbonyl (C=O) groups excluding carboxylic acids is 1. The van der Waals surface area contributed by atoms with Crippen LogP contribution in [0, 0.1) is 17.3 Å². The van der Waals surface area contributed by atoms with E-state index in [0.717, 1.165) is 37.5 Å². The van der Waals surface area contributed by atoms with E-state index < -0.39 is 0 Å². The number of aromatic nitrogens is 2. The number of aliphatic hydroxyl groups is 1. The summed E-state index contributed by atoms with van der Waals surface area (Å²) in [6.07, 6.45) is 9.28. The van der Waals surface area contributed by atoms with Crippen LogP contribution in [0.4, 0.5) is 0 Å². The lowest BCUT2D eigenvalue weighted by molar-refractivity contribution is -0.138. The van der Waals surface area contributed by atoms with Crippen LogP contribution in [-0.2, 0) is 18.3 Å². The Bertz CT molecular complexity index is 646. The molecule has 1 amide bonds. The monoisotopic (exact) mass is 374 g/mol. The Kier molecular flexibility index (Phi) is 5.55. The molecule has 0 unspecified atom stereocenters. The topological polar surface area (TPSA) is 61.6 Å². The molecule has 4 rings (SSSR count). The molecular weight excluding hydrogens is 340 g/mol. The molecule has 6 heteroatoms. The fraction of sp³-hybridized carbons (Fsp3) is 0.810. The summed E-state index contributed by atoms with van der Waals surface area (Å²) in [7, 11) is 1.92. The minimum absolute atomic E-state index is 0.203. The lowest BCUT2D eigenvalue weighted by Gasteiger charge is -2.51. The normalized spacial score (nSPS) is 25.9. The molecule has 27 heavy (non-hydrogen) atoms. The van der Waals surface area contributed by atoms with Crippen LogP contribution >= 0.6 is 0 Å². The Balaban J connectivity index is 1.30. The second-order valence-electron chi connectivity index (χ2n) is 9.02. The van der Waals surface area contributed by atoms with Gasteiger partial charge in [-0.2, -0.15) is 5.10 Å². The fourth-order valence-electron chi connectivity index (χ4n) is 5.14. The number of aliphatic hydroxyl groups excluding tert-OH is 1. The van der Waals surface area contributed by atoms with Crippen molar-refractivity contribution in [1.29, 1.82) is 0 Å². The highest BCUT2D eigenvalue weighted by molar-refractivity contribution is 5.76. The van der Waals surface area contributed by atoms with Gasteiger partial charge < -0.3 is 14.9 Å². The highest BCUT2D eigenvalue weighted by atomic mass is 16.3. The van der Waals surface area contributed by atoms with E-state index in [2.05, 4.69) is 10.00 Å². The zero-order valence-corrected chi connectivity index (χ0v) is 16.6. The Morgan fingerprint density at radius 1 is 1.26 bits per heavy atom. The van der Waals surface area contributed by atoms with Crippen LogP contribution in [0.25, 0.3) is 0 Å². The molecule has 2 aliphatic heterocycles. The molecule has 6 nitrogen and oxygen atoms in total. The molecule has 1 aromatic heterocycles. The molecular formula is C21H34N4O2. The van der Waals surface area contributed by atoms with Crippen molar-refractivity contribution in [2.75, 3.05) is 39.3 Å². The molecule has 3 fully saturated rings. The van der Waals surface area contributed by atoms with E-state index in [9.17, 15) is 9.90 Å². The molecule has 1 atom stereocenters. The summed E-state index contributed by atoms with van der Waals surface area (Å²) in [4.78, 5) is 17.4. The molecule has 3 heterocycles. The molecule has 0 aromatic carbocycles. The molecule has 1 aliphatic carbocycles. The second kappa shape index (κ2) is 7.92. The van der Waals surface area contributed by atoms with E-state index >= 15 is 0 Å². The van der Waals surface area contributed by atoms with Crippen LogP contribution < -0.4 is 0 Å². The van der Waals surface area contributed by atoms with E-state index in [1.165, 1.54) is 45.3 Å². The fourth-order valence-corrected chi connectivity index (χ4v) is 5.14. The molecule has 3 aliphatic rings. The summed E-state index contributed by atoms with van der Waals surface area (Å²) in [5, 5.41) is 14.3. The standard InChI is InChI=1S/C21H34N4O2/c1-23-19(6-10-22-23)4-5-20(27)25-13-9-21(18(15-25)16-26)7-11-24(12-8-21)14-17-2-3-17/h6,10,17-18,26H,2-5,7-9,11-16H2,1H3/t18-/m0/s1. The first-order valence-corrected chi connectivity index (χ1v) is 10.7. The number of rotatable bonds is 6. The van der Waals surface area contributed by atoms with Gasteiger partial charge in [0.1, 0.15) is 0 Å². The van der Waals surface area contributed by atoms with Gasteiger partial charge in [0.15, 0.2) is 0 Å². The van der Waals surface area contributed by atoms with Gasteiger partial charge in [0, 0.05) is 57.5 Å². The van der Waals surface area contributed by atoms with E-state index in [1.54, 1.807) is 6.20 Å². The number of hydrogen-bond acceptors (Lipinski definition) is 4. The summed E-state index contributed by atoms with van der Waals surface area (Å²) >= 11 is 0. The van der Waals surface area contributed by atoms with Crippen LogP contribution in [0.3, 0.4) is 0 Å². The van der Waals surface area contributed by atoms with Crippen LogP contribution in [0.15, 0.2) is 12.3 Å². The van der Waals surface area contributed by atoms with E-state index in [-0.39, 0.29) is 23.8 Å². The molecule has 0 radical (unpaired) electrons. The molecule has 2 saturated heterocycles. The first kappa shape index (κ1) is 18.9. The molecule has 1 N–H and O–H groups in total. The van der Waals surface area contributed by atoms with Crippen molar-refractivity contribution in [3.8, 4) is 0 Å². The van der Waals surface area contributed by atoms with Crippen molar-refractivity contribution < 1.29 is 9.90 Å². The third-order valence-corrected chi connectivity index (χ3v) is 7.34. The van der Waals surface area contributed by atoms with Crippen LogP contribution in [0.5, 0.6) is 0 Å². The Morgan fingerprint density at radius 2 is 2.00 bits per heavy atom. The SMILES string of the molecule is Cn1nccc1CCC(=O)N1CCC2(CCN(CC3CC3)CC2)[C@H](CO)C1. The molecule has 1 saturated carbocycles. The predicted octanol–water partition coefficient (Wildman–Crippen LogP) is 1.69. The molecule has 1 spiro atoms. The lowest BCUT2D eigenvalue weighted by Crippen LogP contribution is -2.54.